The van der Waals surface area contributed by atoms with Crippen molar-refractivity contribution in [1.82, 2.24) is 9.78 Å². The molecular weight excluding hydrogens is 172 g/mol. The van der Waals surface area contributed by atoms with Crippen molar-refractivity contribution in [1.29, 1.82) is 0 Å². The van der Waals surface area contributed by atoms with Gasteiger partial charge >= 0.3 is 0 Å². The fraction of sp³-hybridized carbons (Fsp3) is 0.250. The molecule has 0 atom stereocenters. The van der Waals surface area contributed by atoms with Gasteiger partial charge in [0, 0.05) is 17.8 Å². The van der Waals surface area contributed by atoms with Crippen LogP contribution in [0.25, 0.3) is 11.3 Å². The highest BCUT2D eigenvalue weighted by Gasteiger charge is 2.02. The molecule has 0 bridgehead atoms. The maximum atomic E-state index is 4.50. The Balaban J connectivity index is 2.34. The number of hydrogen-bond acceptors (Lipinski definition) is 1. The topological polar surface area (TPSA) is 17.8 Å². The first kappa shape index (κ1) is 9.00. The van der Waals surface area contributed by atoms with E-state index in [1.807, 2.05) is 29.1 Å². The predicted molar refractivity (Wildman–Crippen MR) is 58.0 cm³/mol. The Kier molecular flexibility index (Phi) is 2.35. The summed E-state index contributed by atoms with van der Waals surface area (Å²) in [7, 11) is 0. The Morgan fingerprint density at radius 3 is 2.36 bits per heavy atom. The van der Waals surface area contributed by atoms with Crippen LogP contribution < -0.4 is 0 Å². The molecule has 0 saturated heterocycles. The van der Waals surface area contributed by atoms with Gasteiger partial charge in [-0.25, -0.2) is 0 Å². The van der Waals surface area contributed by atoms with Crippen LogP contribution in [0.1, 0.15) is 19.9 Å². The molecule has 2 nitrogen and oxygen atoms in total. The lowest BCUT2D eigenvalue weighted by atomic mass is 10.2. The Hall–Kier alpha value is -1.57. The molecule has 14 heavy (non-hydrogen) atoms. The third-order valence-corrected chi connectivity index (χ3v) is 2.21. The Morgan fingerprint density at radius 2 is 1.79 bits per heavy atom. The number of benzene rings is 1. The van der Waals surface area contributed by atoms with Crippen molar-refractivity contribution in [2.75, 3.05) is 0 Å². The summed E-state index contributed by atoms with van der Waals surface area (Å²) in [5, 5.41) is 4.50. The van der Waals surface area contributed by atoms with E-state index in [1.165, 1.54) is 5.56 Å². The molecule has 2 heteroatoms. The van der Waals surface area contributed by atoms with E-state index in [2.05, 4.69) is 37.1 Å². The number of aromatic nitrogens is 2. The minimum Gasteiger partial charge on any atom is -0.270 e. The summed E-state index contributed by atoms with van der Waals surface area (Å²) in [5.41, 5.74) is 2.21. The molecule has 0 saturated carbocycles. The second-order valence-corrected chi connectivity index (χ2v) is 3.64. The van der Waals surface area contributed by atoms with E-state index < -0.39 is 0 Å². The van der Waals surface area contributed by atoms with Crippen LogP contribution >= 0.6 is 0 Å². The fourth-order valence-corrected chi connectivity index (χ4v) is 1.39. The third kappa shape index (κ3) is 1.69. The summed E-state index contributed by atoms with van der Waals surface area (Å²) < 4.78 is 1.97. The first-order valence-electron chi connectivity index (χ1n) is 4.88. The lowest BCUT2D eigenvalue weighted by Gasteiger charge is -2.03. The molecule has 0 N–H and O–H groups in total. The van der Waals surface area contributed by atoms with E-state index in [1.54, 1.807) is 0 Å². The largest absolute Gasteiger partial charge is 0.270 e. The average Bonchev–Trinajstić information content (AvgIpc) is 2.68. The molecule has 0 aliphatic heterocycles. The lowest BCUT2D eigenvalue weighted by Crippen LogP contribution is -2.00. The maximum absolute atomic E-state index is 4.50. The van der Waals surface area contributed by atoms with Gasteiger partial charge in [0.2, 0.25) is 0 Å². The van der Waals surface area contributed by atoms with Crippen LogP contribution in [-0.2, 0) is 0 Å². The number of rotatable bonds is 2. The van der Waals surface area contributed by atoms with Crippen LogP contribution in [0, 0.1) is 0 Å². The Labute approximate surface area is 84.2 Å². The molecule has 0 amide bonds. The van der Waals surface area contributed by atoms with E-state index in [9.17, 15) is 0 Å². The van der Waals surface area contributed by atoms with Gasteiger partial charge in [0.05, 0.1) is 5.69 Å². The van der Waals surface area contributed by atoms with Gasteiger partial charge in [-0.05, 0) is 19.9 Å². The predicted octanol–water partition coefficient (Wildman–Crippen LogP) is 3.13. The van der Waals surface area contributed by atoms with Crippen LogP contribution in [0.3, 0.4) is 0 Å². The van der Waals surface area contributed by atoms with Gasteiger partial charge in [0.25, 0.3) is 0 Å². The van der Waals surface area contributed by atoms with Crippen LogP contribution in [-0.4, -0.2) is 9.78 Å². The first-order valence-corrected chi connectivity index (χ1v) is 4.88. The van der Waals surface area contributed by atoms with Crippen molar-refractivity contribution >= 4 is 0 Å². The molecule has 0 fully saturated rings. The van der Waals surface area contributed by atoms with Gasteiger partial charge in [-0.1, -0.05) is 30.3 Å². The molecule has 0 unspecified atom stereocenters. The van der Waals surface area contributed by atoms with Gasteiger partial charge in [0.15, 0.2) is 0 Å². The van der Waals surface area contributed by atoms with Gasteiger partial charge in [-0.2, -0.15) is 5.10 Å². The van der Waals surface area contributed by atoms with Crippen molar-refractivity contribution in [2.24, 2.45) is 0 Å². The standard InChI is InChI=1S/C12H14N2/c1-10(2)14-9-8-12(13-14)11-6-4-3-5-7-11/h3-10H,1-2H3. The van der Waals surface area contributed by atoms with Gasteiger partial charge in [-0.3, -0.25) is 4.68 Å². The second kappa shape index (κ2) is 3.66. The van der Waals surface area contributed by atoms with Crippen LogP contribution in [0.2, 0.25) is 0 Å². The van der Waals surface area contributed by atoms with Gasteiger partial charge in [-0.15, -0.1) is 0 Å². The summed E-state index contributed by atoms with van der Waals surface area (Å²) in [6, 6.07) is 12.7. The molecule has 1 aromatic heterocycles. The van der Waals surface area contributed by atoms with Crippen LogP contribution in [0.4, 0.5) is 0 Å². The number of hydrogen-bond donors (Lipinski definition) is 0. The normalized spacial score (nSPS) is 10.8. The summed E-state index contributed by atoms with van der Waals surface area (Å²) in [5.74, 6) is 0. The lowest BCUT2D eigenvalue weighted by molar-refractivity contribution is 0.534. The highest BCUT2D eigenvalue weighted by atomic mass is 15.3. The van der Waals surface area contributed by atoms with Crippen molar-refractivity contribution in [3.63, 3.8) is 0 Å². The summed E-state index contributed by atoms with van der Waals surface area (Å²) >= 11 is 0. The smallest absolute Gasteiger partial charge is 0.0923 e. The van der Waals surface area contributed by atoms with Gasteiger partial charge in [0.1, 0.15) is 0 Å². The molecule has 0 radical (unpaired) electrons. The molecular formula is C12H14N2. The molecule has 2 aromatic rings. The minimum absolute atomic E-state index is 0.424. The number of nitrogens with zero attached hydrogens (tertiary/aromatic N) is 2. The van der Waals surface area contributed by atoms with E-state index in [-0.39, 0.29) is 0 Å². The molecule has 1 aromatic carbocycles. The zero-order chi connectivity index (χ0) is 9.97. The zero-order valence-electron chi connectivity index (χ0n) is 8.51. The molecule has 0 aliphatic rings. The monoisotopic (exact) mass is 186 g/mol. The summed E-state index contributed by atoms with van der Waals surface area (Å²) in [4.78, 5) is 0. The molecule has 2 rings (SSSR count). The molecule has 0 spiro atoms. The van der Waals surface area contributed by atoms with Gasteiger partial charge < -0.3 is 0 Å². The average molecular weight is 186 g/mol. The molecule has 1 heterocycles. The van der Waals surface area contributed by atoms with Crippen molar-refractivity contribution < 1.29 is 0 Å². The molecule has 0 aliphatic carbocycles. The maximum Gasteiger partial charge on any atom is 0.0923 e. The van der Waals surface area contributed by atoms with Crippen molar-refractivity contribution in [3.8, 4) is 11.3 Å². The Bertz CT molecular complexity index is 401. The van der Waals surface area contributed by atoms with Crippen molar-refractivity contribution in [3.05, 3.63) is 42.6 Å². The highest BCUT2D eigenvalue weighted by Crippen LogP contribution is 2.17. The minimum atomic E-state index is 0.424. The zero-order valence-corrected chi connectivity index (χ0v) is 8.51. The third-order valence-electron chi connectivity index (χ3n) is 2.21. The van der Waals surface area contributed by atoms with Crippen LogP contribution in [0.5, 0.6) is 0 Å². The molecule has 72 valence electrons. The van der Waals surface area contributed by atoms with Crippen molar-refractivity contribution in [2.45, 2.75) is 19.9 Å². The summed E-state index contributed by atoms with van der Waals surface area (Å²) in [6.45, 7) is 4.25. The first-order chi connectivity index (χ1) is 6.77. The Morgan fingerprint density at radius 1 is 1.07 bits per heavy atom. The van der Waals surface area contributed by atoms with E-state index >= 15 is 0 Å². The highest BCUT2D eigenvalue weighted by molar-refractivity contribution is 5.57. The fourth-order valence-electron chi connectivity index (χ4n) is 1.39. The van der Waals surface area contributed by atoms with E-state index in [0.29, 0.717) is 6.04 Å². The van der Waals surface area contributed by atoms with E-state index in [0.717, 1.165) is 5.69 Å². The van der Waals surface area contributed by atoms with Crippen LogP contribution in [0.15, 0.2) is 42.6 Å². The second-order valence-electron chi connectivity index (χ2n) is 3.64. The quantitative estimate of drug-likeness (QED) is 0.704. The SMILES string of the molecule is CC(C)n1ccc(-c2ccccc2)n1. The van der Waals surface area contributed by atoms with E-state index in [4.69, 9.17) is 0 Å². The summed E-state index contributed by atoms with van der Waals surface area (Å²) in [6.07, 6.45) is 2.02.